The van der Waals surface area contributed by atoms with E-state index in [4.69, 9.17) is 9.47 Å². The van der Waals surface area contributed by atoms with E-state index in [-0.39, 0.29) is 29.5 Å². The van der Waals surface area contributed by atoms with Gasteiger partial charge in [-0.3, -0.25) is 9.59 Å². The molecule has 2 aliphatic rings. The van der Waals surface area contributed by atoms with Crippen molar-refractivity contribution in [2.75, 3.05) is 13.7 Å². The molecule has 1 amide bonds. The van der Waals surface area contributed by atoms with Crippen LogP contribution in [-0.2, 0) is 17.6 Å². The number of carbonyl (C=O) groups is 3. The maximum atomic E-state index is 13.9. The molecule has 1 saturated heterocycles. The van der Waals surface area contributed by atoms with E-state index in [2.05, 4.69) is 0 Å². The molecule has 0 radical (unpaired) electrons. The number of rotatable bonds is 7. The molecule has 0 bridgehead atoms. The van der Waals surface area contributed by atoms with Crippen LogP contribution in [0.25, 0.3) is 0 Å². The van der Waals surface area contributed by atoms with Gasteiger partial charge in [0.05, 0.1) is 18.6 Å². The molecule has 7 nitrogen and oxygen atoms in total. The minimum Gasteiger partial charge on any atom is -0.493 e. The molecule has 1 aliphatic carbocycles. The first-order valence-corrected chi connectivity index (χ1v) is 14.1. The summed E-state index contributed by atoms with van der Waals surface area (Å²) in [5.41, 5.74) is 3.41. The van der Waals surface area contributed by atoms with Crippen LogP contribution in [0.5, 0.6) is 11.5 Å². The van der Waals surface area contributed by atoms with Crippen molar-refractivity contribution in [3.63, 3.8) is 0 Å². The molecule has 0 aromatic heterocycles. The molecule has 7 heteroatoms. The number of hydrogen-bond acceptors (Lipinski definition) is 5. The lowest BCUT2D eigenvalue weighted by Crippen LogP contribution is -2.43. The number of likely N-dealkylation sites (tertiary alicyclic amines) is 1. The lowest BCUT2D eigenvalue weighted by atomic mass is 9.67. The van der Waals surface area contributed by atoms with E-state index < -0.39 is 17.9 Å². The van der Waals surface area contributed by atoms with Crippen molar-refractivity contribution in [3.8, 4) is 11.5 Å². The maximum Gasteiger partial charge on any atom is 0.343 e. The van der Waals surface area contributed by atoms with Crippen LogP contribution in [0.15, 0.2) is 103 Å². The minimum absolute atomic E-state index is 0.0672. The van der Waals surface area contributed by atoms with E-state index >= 15 is 0 Å². The Morgan fingerprint density at radius 1 is 0.833 bits per heavy atom. The number of amides is 1. The average molecular weight is 562 g/mol. The van der Waals surface area contributed by atoms with E-state index in [1.807, 2.05) is 59.5 Å². The number of methoxy groups -OCH3 is 1. The summed E-state index contributed by atoms with van der Waals surface area (Å²) in [6.45, 7) is 0.451. The van der Waals surface area contributed by atoms with E-state index in [0.717, 1.165) is 11.1 Å². The maximum absolute atomic E-state index is 13.9. The van der Waals surface area contributed by atoms with Gasteiger partial charge in [0.1, 0.15) is 0 Å². The Hall–Kier alpha value is -4.91. The third-order valence-corrected chi connectivity index (χ3v) is 8.50. The lowest BCUT2D eigenvalue weighted by Gasteiger charge is -2.37. The standard InChI is InChI=1S/C35H31NO6/c1-41-29-19-25-18-26-21-36(33(37)23-13-7-3-8-14-23)28(17-22-11-5-2-6-12-22)31(26)32(34(38)39)27(25)20-30(29)42-35(40)24-15-9-4-10-16-24/h2-16,19-20,26,28,31-32H,17-18,21H2,1H3,(H,38,39)/t26-,28+,31+,32-/m1/s1. The zero-order valence-electron chi connectivity index (χ0n) is 23.2. The predicted octanol–water partition coefficient (Wildman–Crippen LogP) is 5.64. The van der Waals surface area contributed by atoms with Crippen LogP contribution in [0.2, 0.25) is 0 Å². The average Bonchev–Trinajstić information content (AvgIpc) is 3.37. The summed E-state index contributed by atoms with van der Waals surface area (Å²) in [7, 11) is 1.49. The van der Waals surface area contributed by atoms with Crippen LogP contribution < -0.4 is 9.47 Å². The monoisotopic (exact) mass is 561 g/mol. The van der Waals surface area contributed by atoms with Crippen LogP contribution in [0.4, 0.5) is 0 Å². The molecule has 0 unspecified atom stereocenters. The highest BCUT2D eigenvalue weighted by Gasteiger charge is 2.53. The van der Waals surface area contributed by atoms with Crippen LogP contribution in [-0.4, -0.2) is 47.5 Å². The Balaban J connectivity index is 1.41. The zero-order valence-corrected chi connectivity index (χ0v) is 23.2. The second-order valence-corrected chi connectivity index (χ2v) is 10.9. The van der Waals surface area contributed by atoms with Crippen molar-refractivity contribution >= 4 is 17.8 Å². The topological polar surface area (TPSA) is 93.1 Å². The molecular formula is C35H31NO6. The fraction of sp³-hybridized carbons (Fsp3) is 0.229. The largest absolute Gasteiger partial charge is 0.493 e. The van der Waals surface area contributed by atoms with Gasteiger partial charge in [0.2, 0.25) is 0 Å². The summed E-state index contributed by atoms with van der Waals surface area (Å²) in [6.07, 6.45) is 1.11. The third-order valence-electron chi connectivity index (χ3n) is 8.50. The van der Waals surface area contributed by atoms with E-state index in [1.54, 1.807) is 48.5 Å². The molecule has 6 rings (SSSR count). The SMILES string of the molecule is COc1cc2c(cc1OC(=O)c1ccccc1)[C@@H](C(=O)O)[C@H]1[C@H](C2)CN(C(=O)c2ccccc2)[C@H]1Cc1ccccc1. The fourth-order valence-electron chi connectivity index (χ4n) is 6.65. The highest BCUT2D eigenvalue weighted by atomic mass is 16.6. The summed E-state index contributed by atoms with van der Waals surface area (Å²) in [5, 5.41) is 10.7. The van der Waals surface area contributed by atoms with Gasteiger partial charge < -0.3 is 19.5 Å². The van der Waals surface area contributed by atoms with Crippen molar-refractivity contribution in [1.29, 1.82) is 0 Å². The number of hydrogen-bond donors (Lipinski definition) is 1. The summed E-state index contributed by atoms with van der Waals surface area (Å²) < 4.78 is 11.3. The molecule has 0 saturated carbocycles. The predicted molar refractivity (Wildman–Crippen MR) is 157 cm³/mol. The quantitative estimate of drug-likeness (QED) is 0.232. The van der Waals surface area contributed by atoms with Gasteiger partial charge in [-0.25, -0.2) is 4.79 Å². The van der Waals surface area contributed by atoms with Crippen molar-refractivity contribution in [2.24, 2.45) is 11.8 Å². The molecule has 1 aliphatic heterocycles. The Morgan fingerprint density at radius 3 is 2.07 bits per heavy atom. The summed E-state index contributed by atoms with van der Waals surface area (Å²) >= 11 is 0. The van der Waals surface area contributed by atoms with Gasteiger partial charge >= 0.3 is 11.9 Å². The first-order valence-electron chi connectivity index (χ1n) is 14.1. The van der Waals surface area contributed by atoms with Gasteiger partial charge in [-0.1, -0.05) is 66.7 Å². The van der Waals surface area contributed by atoms with E-state index in [1.165, 1.54) is 7.11 Å². The van der Waals surface area contributed by atoms with E-state index in [9.17, 15) is 19.5 Å². The Morgan fingerprint density at radius 2 is 1.45 bits per heavy atom. The zero-order chi connectivity index (χ0) is 29.2. The number of carbonyl (C=O) groups excluding carboxylic acids is 2. The number of benzene rings is 4. The molecule has 1 N–H and O–H groups in total. The van der Waals surface area contributed by atoms with Crippen molar-refractivity contribution in [2.45, 2.75) is 24.8 Å². The van der Waals surface area contributed by atoms with Gasteiger partial charge in [-0.05, 0) is 71.8 Å². The number of ether oxygens (including phenoxy) is 2. The van der Waals surface area contributed by atoms with Crippen molar-refractivity contribution < 1.29 is 29.0 Å². The fourth-order valence-corrected chi connectivity index (χ4v) is 6.65. The molecule has 4 aromatic carbocycles. The summed E-state index contributed by atoms with van der Waals surface area (Å²) in [6, 6.07) is 30.7. The Bertz CT molecular complexity index is 1610. The first kappa shape index (κ1) is 27.3. The molecule has 4 aromatic rings. The van der Waals surface area contributed by atoms with E-state index in [0.29, 0.717) is 41.8 Å². The number of esters is 1. The van der Waals surface area contributed by atoms with Gasteiger partial charge in [-0.15, -0.1) is 0 Å². The lowest BCUT2D eigenvalue weighted by molar-refractivity contribution is -0.141. The molecule has 4 atom stereocenters. The molecule has 42 heavy (non-hydrogen) atoms. The second kappa shape index (κ2) is 11.5. The highest BCUT2D eigenvalue weighted by molar-refractivity contribution is 5.95. The Kier molecular flexibility index (Phi) is 7.48. The van der Waals surface area contributed by atoms with Gasteiger partial charge in [0, 0.05) is 24.1 Å². The molecule has 1 fully saturated rings. The molecule has 212 valence electrons. The van der Waals surface area contributed by atoms with Gasteiger partial charge in [0.25, 0.3) is 5.91 Å². The van der Waals surface area contributed by atoms with Crippen molar-refractivity contribution in [3.05, 3.63) is 131 Å². The number of nitrogens with zero attached hydrogens (tertiary/aromatic N) is 1. The first-order chi connectivity index (χ1) is 20.4. The number of aliphatic carboxylic acids is 1. The van der Waals surface area contributed by atoms with Crippen LogP contribution in [0.1, 0.15) is 43.3 Å². The summed E-state index contributed by atoms with van der Waals surface area (Å²) in [5.74, 6) is -2.41. The van der Waals surface area contributed by atoms with Crippen LogP contribution in [0, 0.1) is 11.8 Å². The molecule has 0 spiro atoms. The smallest absolute Gasteiger partial charge is 0.343 e. The summed E-state index contributed by atoms with van der Waals surface area (Å²) in [4.78, 5) is 41.7. The molecule has 1 heterocycles. The number of carboxylic acids is 1. The van der Waals surface area contributed by atoms with Crippen molar-refractivity contribution in [1.82, 2.24) is 4.90 Å². The van der Waals surface area contributed by atoms with Crippen LogP contribution in [0.3, 0.4) is 0 Å². The second-order valence-electron chi connectivity index (χ2n) is 10.9. The Labute approximate surface area is 244 Å². The van der Waals surface area contributed by atoms with Crippen LogP contribution >= 0.6 is 0 Å². The number of carboxylic acid groups (broad SMARTS) is 1. The third kappa shape index (κ3) is 5.14. The van der Waals surface area contributed by atoms with Gasteiger partial charge in [-0.2, -0.15) is 0 Å². The highest BCUT2D eigenvalue weighted by Crippen LogP contribution is 2.50. The van der Waals surface area contributed by atoms with Gasteiger partial charge in [0.15, 0.2) is 11.5 Å². The minimum atomic E-state index is -0.969. The molecular weight excluding hydrogens is 530 g/mol. The number of fused-ring (bicyclic) bond motifs is 2. The normalized spacial score (nSPS) is 20.7.